The van der Waals surface area contributed by atoms with Crippen LogP contribution in [-0.2, 0) is 22.7 Å². The predicted molar refractivity (Wildman–Crippen MR) is 128 cm³/mol. The number of nitrogens with zero attached hydrogens (tertiary/aromatic N) is 3. The van der Waals surface area contributed by atoms with Crippen LogP contribution in [0.5, 0.6) is 0 Å². The molecule has 1 fully saturated rings. The zero-order valence-corrected chi connectivity index (χ0v) is 19.8. The van der Waals surface area contributed by atoms with Gasteiger partial charge in [-0.25, -0.2) is 9.59 Å². The van der Waals surface area contributed by atoms with E-state index in [0.717, 1.165) is 0 Å². The number of nitro benzene ring substituents is 2. The Bertz CT molecular complexity index is 1100. The van der Waals surface area contributed by atoms with Crippen LogP contribution in [0, 0.1) is 20.2 Å². The third-order valence-electron chi connectivity index (χ3n) is 5.48. The van der Waals surface area contributed by atoms with Crippen molar-refractivity contribution >= 4 is 36.2 Å². The molecule has 14 heteroatoms. The third-order valence-corrected chi connectivity index (χ3v) is 5.86. The Morgan fingerprint density at radius 2 is 1.50 bits per heavy atom. The van der Waals surface area contributed by atoms with Gasteiger partial charge in [-0.05, 0) is 41.8 Å². The Labute approximate surface area is 210 Å². The second-order valence-corrected chi connectivity index (χ2v) is 8.77. The van der Waals surface area contributed by atoms with Gasteiger partial charge in [0.25, 0.3) is 11.4 Å². The number of hydrogen-bond donors (Lipinski definition) is 3. The lowest BCUT2D eigenvalue weighted by Gasteiger charge is -2.28. The number of ether oxygens (including phenoxy) is 2. The quantitative estimate of drug-likeness (QED) is 0.255. The van der Waals surface area contributed by atoms with Crippen LogP contribution in [0.3, 0.4) is 0 Å². The molecule has 0 aromatic heterocycles. The summed E-state index contributed by atoms with van der Waals surface area (Å²) in [7, 11) is 0. The minimum atomic E-state index is -1.12. The zero-order chi connectivity index (χ0) is 26.2. The van der Waals surface area contributed by atoms with Crippen molar-refractivity contribution in [3.63, 3.8) is 0 Å². The van der Waals surface area contributed by atoms with E-state index >= 15 is 0 Å². The second-order valence-electron chi connectivity index (χ2n) is 8.04. The molecule has 2 N–H and O–H groups in total. The van der Waals surface area contributed by atoms with Crippen molar-refractivity contribution in [2.24, 2.45) is 0 Å². The molecule has 2 amide bonds. The molecule has 3 rings (SSSR count). The lowest BCUT2D eigenvalue weighted by atomic mass is 10.1. The average molecular weight is 521 g/mol. The van der Waals surface area contributed by atoms with E-state index in [1.807, 2.05) is 0 Å². The normalized spacial score (nSPS) is 17.8. The first-order valence-electron chi connectivity index (χ1n) is 10.8. The highest BCUT2D eigenvalue weighted by atomic mass is 32.1. The Kier molecular flexibility index (Phi) is 9.02. The number of benzene rings is 2. The lowest BCUT2D eigenvalue weighted by Crippen LogP contribution is -2.47. The van der Waals surface area contributed by atoms with Gasteiger partial charge in [-0.1, -0.05) is 0 Å². The molecule has 2 aromatic carbocycles. The molecule has 36 heavy (non-hydrogen) atoms. The Balaban J connectivity index is 1.46. The van der Waals surface area contributed by atoms with E-state index in [0.29, 0.717) is 17.5 Å². The molecule has 0 aliphatic carbocycles. The van der Waals surface area contributed by atoms with Crippen LogP contribution in [0.25, 0.3) is 0 Å². The summed E-state index contributed by atoms with van der Waals surface area (Å²) in [5, 5.41) is 34.2. The molecule has 1 aliphatic heterocycles. The fourth-order valence-corrected chi connectivity index (χ4v) is 3.99. The number of aliphatic hydroxyl groups excluding tert-OH is 1. The first kappa shape index (κ1) is 26.7. The van der Waals surface area contributed by atoms with Gasteiger partial charge >= 0.3 is 12.2 Å². The van der Waals surface area contributed by atoms with Gasteiger partial charge < -0.3 is 24.8 Å². The van der Waals surface area contributed by atoms with E-state index in [-0.39, 0.29) is 42.9 Å². The lowest BCUT2D eigenvalue weighted by molar-refractivity contribution is -0.385. The highest BCUT2D eigenvalue weighted by Gasteiger charge is 2.39. The zero-order valence-electron chi connectivity index (χ0n) is 18.9. The van der Waals surface area contributed by atoms with Crippen LogP contribution in [0.4, 0.5) is 21.0 Å². The van der Waals surface area contributed by atoms with E-state index in [2.05, 4.69) is 17.9 Å². The van der Waals surface area contributed by atoms with Gasteiger partial charge in [0.15, 0.2) is 0 Å². The molecule has 13 nitrogen and oxygen atoms in total. The summed E-state index contributed by atoms with van der Waals surface area (Å²) < 4.78 is 10.3. The van der Waals surface area contributed by atoms with Gasteiger partial charge in [-0.3, -0.25) is 20.2 Å². The van der Waals surface area contributed by atoms with Crippen LogP contribution < -0.4 is 5.32 Å². The Morgan fingerprint density at radius 3 is 2.00 bits per heavy atom. The highest BCUT2D eigenvalue weighted by Crippen LogP contribution is 2.25. The number of non-ortho nitro benzene ring substituents is 2. The van der Waals surface area contributed by atoms with E-state index in [1.54, 1.807) is 0 Å². The molecule has 0 spiro atoms. The minimum absolute atomic E-state index is 0.0792. The van der Waals surface area contributed by atoms with Gasteiger partial charge in [-0.2, -0.15) is 12.6 Å². The summed E-state index contributed by atoms with van der Waals surface area (Å²) in [6.45, 7) is -0.200. The monoisotopic (exact) mass is 520 g/mol. The van der Waals surface area contributed by atoms with Gasteiger partial charge in [0.05, 0.1) is 22.0 Å². The summed E-state index contributed by atoms with van der Waals surface area (Å²) in [4.78, 5) is 46.3. The van der Waals surface area contributed by atoms with Crippen LogP contribution in [0.1, 0.15) is 17.5 Å². The highest BCUT2D eigenvalue weighted by molar-refractivity contribution is 7.81. The maximum Gasteiger partial charge on any atom is 0.410 e. The minimum Gasteiger partial charge on any atom is -0.445 e. The van der Waals surface area contributed by atoms with Crippen LogP contribution in [0.15, 0.2) is 48.5 Å². The number of nitrogens with one attached hydrogen (secondary N) is 1. The molecular formula is C22H24N4O9S. The molecule has 1 aliphatic rings. The first-order valence-corrected chi connectivity index (χ1v) is 11.3. The molecule has 192 valence electrons. The SMILES string of the molecule is O=C(NC[C@H](O)[C@@H]1C[C@H](S)CN1C(=O)OCc1ccc([N+](=O)[O-])cc1)OCc1ccc([N+](=O)[O-])cc1. The van der Waals surface area contributed by atoms with E-state index in [9.17, 15) is 34.9 Å². The average Bonchev–Trinajstić information content (AvgIpc) is 3.26. The van der Waals surface area contributed by atoms with Crippen molar-refractivity contribution in [3.8, 4) is 0 Å². The fourth-order valence-electron chi connectivity index (χ4n) is 3.60. The molecule has 0 unspecified atom stereocenters. The first-order chi connectivity index (χ1) is 17.1. The van der Waals surface area contributed by atoms with Crippen molar-refractivity contribution in [2.45, 2.75) is 37.0 Å². The molecule has 3 atom stereocenters. The number of carbonyl (C=O) groups excluding carboxylic acids is 2. The van der Waals surface area contributed by atoms with Gasteiger partial charge in [0, 0.05) is 42.6 Å². The smallest absolute Gasteiger partial charge is 0.410 e. The molecule has 1 saturated heterocycles. The van der Waals surface area contributed by atoms with Crippen LogP contribution in [-0.4, -0.2) is 62.5 Å². The van der Waals surface area contributed by atoms with Gasteiger partial charge in [0.2, 0.25) is 0 Å². The number of rotatable bonds is 9. The van der Waals surface area contributed by atoms with Crippen molar-refractivity contribution in [3.05, 3.63) is 79.9 Å². The maximum absolute atomic E-state index is 12.6. The third kappa shape index (κ3) is 7.29. The van der Waals surface area contributed by atoms with E-state index in [4.69, 9.17) is 9.47 Å². The number of amides is 2. The van der Waals surface area contributed by atoms with Crippen molar-refractivity contribution in [1.82, 2.24) is 10.2 Å². The maximum atomic E-state index is 12.6. The summed E-state index contributed by atoms with van der Waals surface area (Å²) in [6, 6.07) is 10.4. The number of alkyl carbamates (subject to hydrolysis) is 1. The number of nitro groups is 2. The van der Waals surface area contributed by atoms with Gasteiger partial charge in [-0.15, -0.1) is 0 Å². The van der Waals surface area contributed by atoms with Crippen LogP contribution >= 0.6 is 12.6 Å². The topological polar surface area (TPSA) is 174 Å². The number of hydrogen-bond acceptors (Lipinski definition) is 10. The van der Waals surface area contributed by atoms with Crippen LogP contribution in [0.2, 0.25) is 0 Å². The van der Waals surface area contributed by atoms with Crippen molar-refractivity contribution in [1.29, 1.82) is 0 Å². The fraction of sp³-hybridized carbons (Fsp3) is 0.364. The van der Waals surface area contributed by atoms with Crippen molar-refractivity contribution in [2.75, 3.05) is 13.1 Å². The van der Waals surface area contributed by atoms with E-state index in [1.165, 1.54) is 53.4 Å². The summed E-state index contributed by atoms with van der Waals surface area (Å²) in [5.41, 5.74) is 0.947. The standard InChI is InChI=1S/C22H24N4O9S/c27-20(10-23-21(28)34-12-14-1-5-16(6-2-14)25(30)31)19-9-18(36)11-24(19)22(29)35-13-15-3-7-17(8-4-15)26(32)33/h1-8,18-20,27,36H,9-13H2,(H,23,28)/t18-,19-,20-/m0/s1. The molecule has 0 saturated carbocycles. The summed E-state index contributed by atoms with van der Waals surface area (Å²) in [6.07, 6.45) is -2.24. The molecular weight excluding hydrogens is 496 g/mol. The number of aliphatic hydroxyl groups is 1. The predicted octanol–water partition coefficient (Wildman–Crippen LogP) is 2.80. The Morgan fingerprint density at radius 1 is 1.00 bits per heavy atom. The molecule has 0 bridgehead atoms. The summed E-state index contributed by atoms with van der Waals surface area (Å²) >= 11 is 4.39. The molecule has 2 aromatic rings. The molecule has 0 radical (unpaired) electrons. The number of thiol groups is 1. The number of carbonyl (C=O) groups is 2. The Hall–Kier alpha value is -3.91. The summed E-state index contributed by atoms with van der Waals surface area (Å²) in [5.74, 6) is 0. The van der Waals surface area contributed by atoms with Gasteiger partial charge in [0.1, 0.15) is 13.2 Å². The molecule has 1 heterocycles. The van der Waals surface area contributed by atoms with Crippen molar-refractivity contribution < 1.29 is 34.0 Å². The largest absolute Gasteiger partial charge is 0.445 e. The second kappa shape index (κ2) is 12.2. The number of likely N-dealkylation sites (tertiary alicyclic amines) is 1. The van der Waals surface area contributed by atoms with E-state index < -0.39 is 34.2 Å².